The van der Waals surface area contributed by atoms with E-state index in [1.165, 1.54) is 13.8 Å². The number of hydrogen-bond acceptors (Lipinski definition) is 5. The van der Waals surface area contributed by atoms with Crippen molar-refractivity contribution >= 4 is 27.4 Å². The minimum absolute atomic E-state index is 0.0220. The summed E-state index contributed by atoms with van der Waals surface area (Å²) in [5.74, 6) is 0.199. The molecule has 0 aliphatic heterocycles. The van der Waals surface area contributed by atoms with Gasteiger partial charge in [0.1, 0.15) is 10.6 Å². The maximum Gasteiger partial charge on any atom is 0.262 e. The van der Waals surface area contributed by atoms with Gasteiger partial charge in [-0.05, 0) is 26.1 Å². The number of aryl methyl sites for hydroxylation is 2. The van der Waals surface area contributed by atoms with Crippen molar-refractivity contribution in [2.75, 3.05) is 0 Å². The van der Waals surface area contributed by atoms with Gasteiger partial charge in [-0.25, -0.2) is 8.42 Å². The molecule has 0 unspecified atom stereocenters. The van der Waals surface area contributed by atoms with E-state index in [-0.39, 0.29) is 21.5 Å². The number of nitrogens with two attached hydrogens (primary N) is 1. The van der Waals surface area contributed by atoms with Crippen molar-refractivity contribution in [3.63, 3.8) is 0 Å². The normalized spacial score (nSPS) is 11.3. The number of hydrogen-bond donors (Lipinski definition) is 3. The lowest BCUT2D eigenvalue weighted by atomic mass is 10.4. The van der Waals surface area contributed by atoms with Gasteiger partial charge >= 0.3 is 0 Å². The van der Waals surface area contributed by atoms with Gasteiger partial charge in [0.2, 0.25) is 0 Å². The third-order valence-electron chi connectivity index (χ3n) is 1.55. The van der Waals surface area contributed by atoms with E-state index in [1.54, 1.807) is 0 Å². The Labute approximate surface area is 92.0 Å². The summed E-state index contributed by atoms with van der Waals surface area (Å²) in [5, 5.41) is 3.35. The van der Waals surface area contributed by atoms with Crippen LogP contribution in [0.25, 0.3) is 0 Å². The number of sulfonamides is 1. The summed E-state index contributed by atoms with van der Waals surface area (Å²) in [5.41, 5.74) is 7.48. The Morgan fingerprint density at radius 2 is 2.13 bits per heavy atom. The first-order valence-electron chi connectivity index (χ1n) is 3.84. The first-order valence-corrected chi connectivity index (χ1v) is 5.74. The molecule has 1 aromatic heterocycles. The Bertz CT molecular complexity index is 459. The van der Waals surface area contributed by atoms with E-state index in [2.05, 4.69) is 22.8 Å². The van der Waals surface area contributed by atoms with Gasteiger partial charge < -0.3 is 10.3 Å². The average molecular weight is 250 g/mol. The minimum atomic E-state index is -3.76. The van der Waals surface area contributed by atoms with Crippen molar-refractivity contribution in [2.24, 2.45) is 5.73 Å². The van der Waals surface area contributed by atoms with Crippen LogP contribution in [0.3, 0.4) is 0 Å². The Morgan fingerprint density at radius 3 is 2.53 bits per heavy atom. The second-order valence-corrected chi connectivity index (χ2v) is 4.81. The topological polar surface area (TPSA) is 110 Å². The molecule has 0 spiro atoms. The van der Waals surface area contributed by atoms with Crippen molar-refractivity contribution in [3.05, 3.63) is 11.5 Å². The van der Waals surface area contributed by atoms with E-state index < -0.39 is 10.0 Å². The van der Waals surface area contributed by atoms with Gasteiger partial charge in [-0.1, -0.05) is 5.16 Å². The zero-order chi connectivity index (χ0) is 11.6. The van der Waals surface area contributed by atoms with Gasteiger partial charge in [0.05, 0.1) is 0 Å². The zero-order valence-electron chi connectivity index (χ0n) is 8.07. The summed E-state index contributed by atoms with van der Waals surface area (Å²) in [6.07, 6.45) is 0. The number of nitrogens with zero attached hydrogens (tertiary/aromatic N) is 1. The summed E-state index contributed by atoms with van der Waals surface area (Å²) in [6.45, 7) is 3.02. The Morgan fingerprint density at radius 1 is 1.53 bits per heavy atom. The Hall–Kier alpha value is -1.19. The highest BCUT2D eigenvalue weighted by Gasteiger charge is 2.23. The highest BCUT2D eigenvalue weighted by Crippen LogP contribution is 2.17. The molecule has 1 aromatic rings. The molecule has 0 atom stereocenters. The predicted molar refractivity (Wildman–Crippen MR) is 56.2 cm³/mol. The molecule has 9 heteroatoms. The fraction of sp³-hybridized carbons (Fsp3) is 0.333. The fourth-order valence-electron chi connectivity index (χ4n) is 1.03. The van der Waals surface area contributed by atoms with Crippen LogP contribution in [0, 0.1) is 13.8 Å². The molecule has 0 bridgehead atoms. The predicted octanol–water partition coefficient (Wildman–Crippen LogP) is -0.682. The molecule has 15 heavy (non-hydrogen) atoms. The number of thiocarbonyl (C=S) groups is 1. The largest absolute Gasteiger partial charge is 0.375 e. The quantitative estimate of drug-likeness (QED) is 0.481. The van der Waals surface area contributed by atoms with Crippen LogP contribution in [-0.4, -0.2) is 18.7 Å². The molecule has 0 aliphatic rings. The lowest BCUT2D eigenvalue weighted by Crippen LogP contribution is -2.44. The van der Waals surface area contributed by atoms with E-state index in [1.807, 2.05) is 4.83 Å². The second-order valence-electron chi connectivity index (χ2n) is 2.75. The van der Waals surface area contributed by atoms with E-state index in [0.29, 0.717) is 0 Å². The molecular formula is C6H10N4O3S2. The SMILES string of the molecule is Cc1noc(C)c1S(=O)(=O)NNC(N)=S. The first-order chi connectivity index (χ1) is 6.84. The minimum Gasteiger partial charge on any atom is -0.375 e. The Balaban J connectivity index is 3.01. The number of nitrogens with one attached hydrogen (secondary N) is 2. The highest BCUT2D eigenvalue weighted by atomic mass is 32.2. The number of hydrazine groups is 1. The van der Waals surface area contributed by atoms with Crippen LogP contribution in [0.4, 0.5) is 0 Å². The zero-order valence-corrected chi connectivity index (χ0v) is 9.70. The number of rotatable bonds is 3. The van der Waals surface area contributed by atoms with E-state index in [0.717, 1.165) is 0 Å². The van der Waals surface area contributed by atoms with E-state index in [9.17, 15) is 8.42 Å². The molecule has 84 valence electrons. The molecule has 1 heterocycles. The van der Waals surface area contributed by atoms with Crippen molar-refractivity contribution in [3.8, 4) is 0 Å². The summed E-state index contributed by atoms with van der Waals surface area (Å²) in [7, 11) is -3.76. The molecule has 7 nitrogen and oxygen atoms in total. The molecule has 1 rings (SSSR count). The van der Waals surface area contributed by atoms with Gasteiger partial charge in [-0.3, -0.25) is 5.43 Å². The van der Waals surface area contributed by atoms with Crippen molar-refractivity contribution in [1.29, 1.82) is 0 Å². The molecule has 0 aromatic carbocycles. The molecule has 4 N–H and O–H groups in total. The van der Waals surface area contributed by atoms with Gasteiger partial charge in [0.25, 0.3) is 10.0 Å². The molecule has 0 saturated carbocycles. The second kappa shape index (κ2) is 4.13. The molecular weight excluding hydrogens is 240 g/mol. The highest BCUT2D eigenvalue weighted by molar-refractivity contribution is 7.89. The Kier molecular flexibility index (Phi) is 3.27. The van der Waals surface area contributed by atoms with Crippen LogP contribution in [0.1, 0.15) is 11.5 Å². The maximum atomic E-state index is 11.7. The molecule has 0 radical (unpaired) electrons. The monoisotopic (exact) mass is 250 g/mol. The third kappa shape index (κ3) is 2.64. The van der Waals surface area contributed by atoms with Gasteiger partial charge in [-0.15, -0.1) is 4.83 Å². The van der Waals surface area contributed by atoms with Crippen LogP contribution in [0.15, 0.2) is 9.42 Å². The molecule has 0 saturated heterocycles. The summed E-state index contributed by atoms with van der Waals surface area (Å²) < 4.78 is 28.0. The molecule has 0 aliphatic carbocycles. The van der Waals surface area contributed by atoms with Crippen LogP contribution in [0.5, 0.6) is 0 Å². The van der Waals surface area contributed by atoms with E-state index in [4.69, 9.17) is 10.3 Å². The lowest BCUT2D eigenvalue weighted by molar-refractivity contribution is 0.390. The first kappa shape index (κ1) is 11.9. The average Bonchev–Trinajstić information content (AvgIpc) is 2.43. The van der Waals surface area contributed by atoms with Crippen LogP contribution >= 0.6 is 12.2 Å². The fourth-order valence-corrected chi connectivity index (χ4v) is 2.33. The lowest BCUT2D eigenvalue weighted by Gasteiger charge is -2.06. The standard InChI is InChI=1S/C6H10N4O3S2/c1-3-5(4(2)13-9-3)15(11,12)10-8-6(7)14/h10H,1-2H3,(H3,7,8,14). The van der Waals surface area contributed by atoms with Crippen molar-refractivity contribution < 1.29 is 12.9 Å². The molecule has 0 amide bonds. The summed E-state index contributed by atoms with van der Waals surface area (Å²) in [6, 6.07) is 0. The third-order valence-corrected chi connectivity index (χ3v) is 3.14. The van der Waals surface area contributed by atoms with Crippen LogP contribution < -0.4 is 16.0 Å². The van der Waals surface area contributed by atoms with Crippen LogP contribution in [0.2, 0.25) is 0 Å². The number of aromatic nitrogens is 1. The van der Waals surface area contributed by atoms with Gasteiger partial charge in [-0.2, -0.15) is 0 Å². The maximum absolute atomic E-state index is 11.7. The smallest absolute Gasteiger partial charge is 0.262 e. The van der Waals surface area contributed by atoms with Crippen molar-refractivity contribution in [2.45, 2.75) is 18.7 Å². The van der Waals surface area contributed by atoms with E-state index >= 15 is 0 Å². The molecule has 0 fully saturated rings. The van der Waals surface area contributed by atoms with Gasteiger partial charge in [0.15, 0.2) is 10.9 Å². The van der Waals surface area contributed by atoms with Crippen LogP contribution in [-0.2, 0) is 10.0 Å². The summed E-state index contributed by atoms with van der Waals surface area (Å²) in [4.78, 5) is 1.98. The summed E-state index contributed by atoms with van der Waals surface area (Å²) >= 11 is 4.46. The van der Waals surface area contributed by atoms with Gasteiger partial charge in [0, 0.05) is 0 Å². The van der Waals surface area contributed by atoms with Crippen molar-refractivity contribution in [1.82, 2.24) is 15.4 Å².